The molecule has 0 saturated heterocycles. The first kappa shape index (κ1) is 16.5. The van der Waals surface area contributed by atoms with Gasteiger partial charge in [0.25, 0.3) is 0 Å². The Morgan fingerprint density at radius 2 is 1.70 bits per heavy atom. The SMILES string of the molecule is c1cc(-c2ccncc2)c2nc(-c3n[nH]c4cnc(-c5cnccn5)cc34)[nH]c2c1. The first-order valence-corrected chi connectivity index (χ1v) is 9.37. The summed E-state index contributed by atoms with van der Waals surface area (Å²) in [5, 5.41) is 8.44. The lowest BCUT2D eigenvalue weighted by atomic mass is 10.1. The van der Waals surface area contributed by atoms with Crippen LogP contribution in [-0.4, -0.2) is 40.1 Å². The second-order valence-electron chi connectivity index (χ2n) is 6.80. The second kappa shape index (κ2) is 6.56. The van der Waals surface area contributed by atoms with Gasteiger partial charge in [-0.15, -0.1) is 0 Å². The Morgan fingerprint density at radius 3 is 2.57 bits per heavy atom. The third-order valence-corrected chi connectivity index (χ3v) is 5.00. The van der Waals surface area contributed by atoms with E-state index in [-0.39, 0.29) is 0 Å². The Labute approximate surface area is 170 Å². The minimum Gasteiger partial charge on any atom is -0.337 e. The molecule has 0 spiro atoms. The zero-order valence-electron chi connectivity index (χ0n) is 15.6. The van der Waals surface area contributed by atoms with Crippen molar-refractivity contribution in [1.29, 1.82) is 0 Å². The van der Waals surface area contributed by atoms with Crippen LogP contribution in [0.5, 0.6) is 0 Å². The molecule has 6 aromatic rings. The minimum absolute atomic E-state index is 0.689. The van der Waals surface area contributed by atoms with Gasteiger partial charge < -0.3 is 4.98 Å². The number of para-hydroxylation sites is 1. The average Bonchev–Trinajstić information content (AvgIpc) is 3.43. The highest BCUT2D eigenvalue weighted by Crippen LogP contribution is 2.31. The van der Waals surface area contributed by atoms with Crippen molar-refractivity contribution in [1.82, 2.24) is 40.1 Å². The van der Waals surface area contributed by atoms with Gasteiger partial charge in [0.2, 0.25) is 0 Å². The minimum atomic E-state index is 0.689. The van der Waals surface area contributed by atoms with E-state index in [2.05, 4.69) is 41.2 Å². The van der Waals surface area contributed by atoms with Crippen LogP contribution >= 0.6 is 0 Å². The fraction of sp³-hybridized carbons (Fsp3) is 0. The van der Waals surface area contributed by atoms with Crippen LogP contribution in [0.15, 0.2) is 73.6 Å². The Kier molecular flexibility index (Phi) is 3.60. The van der Waals surface area contributed by atoms with Crippen LogP contribution in [0.2, 0.25) is 0 Å². The smallest absolute Gasteiger partial charge is 0.159 e. The largest absolute Gasteiger partial charge is 0.337 e. The lowest BCUT2D eigenvalue weighted by Crippen LogP contribution is -1.88. The zero-order valence-corrected chi connectivity index (χ0v) is 15.6. The highest BCUT2D eigenvalue weighted by atomic mass is 15.1. The Balaban J connectivity index is 1.52. The van der Waals surface area contributed by atoms with Crippen molar-refractivity contribution in [3.63, 3.8) is 0 Å². The molecule has 1 aromatic carbocycles. The number of rotatable bonds is 3. The number of imidazole rings is 1. The molecule has 8 nitrogen and oxygen atoms in total. The maximum atomic E-state index is 4.88. The van der Waals surface area contributed by atoms with E-state index >= 15 is 0 Å². The first-order valence-electron chi connectivity index (χ1n) is 9.37. The van der Waals surface area contributed by atoms with Crippen LogP contribution in [0.25, 0.3) is 56.0 Å². The molecule has 0 aliphatic heterocycles. The van der Waals surface area contributed by atoms with E-state index in [1.807, 2.05) is 30.3 Å². The Hall–Kier alpha value is -4.46. The number of hydrogen-bond acceptors (Lipinski definition) is 6. The van der Waals surface area contributed by atoms with Gasteiger partial charge in [0.15, 0.2) is 5.82 Å². The van der Waals surface area contributed by atoms with Gasteiger partial charge in [-0.05, 0) is 29.8 Å². The van der Waals surface area contributed by atoms with Gasteiger partial charge in [-0.3, -0.25) is 25.0 Å². The molecular weight excluding hydrogens is 376 g/mol. The molecule has 6 rings (SSSR count). The van der Waals surface area contributed by atoms with E-state index in [0.717, 1.165) is 44.5 Å². The van der Waals surface area contributed by atoms with Crippen molar-refractivity contribution in [2.75, 3.05) is 0 Å². The van der Waals surface area contributed by atoms with Crippen molar-refractivity contribution in [2.45, 2.75) is 0 Å². The summed E-state index contributed by atoms with van der Waals surface area (Å²) in [7, 11) is 0. The number of nitrogens with zero attached hydrogens (tertiary/aromatic N) is 6. The normalized spacial score (nSPS) is 11.3. The van der Waals surface area contributed by atoms with Crippen LogP contribution in [-0.2, 0) is 0 Å². The number of benzene rings is 1. The molecule has 8 heteroatoms. The molecule has 0 aliphatic carbocycles. The van der Waals surface area contributed by atoms with E-state index in [4.69, 9.17) is 4.98 Å². The molecule has 0 bridgehead atoms. The standard InChI is InChI=1S/C22H14N8/c1-2-14(13-4-6-23-7-5-13)20-16(3-1)27-22(28-20)21-15-10-17(19-11-24-8-9-25-19)26-12-18(15)29-30-21/h1-12H,(H,27,28)(H,29,30). The van der Waals surface area contributed by atoms with Crippen LogP contribution in [0.4, 0.5) is 0 Å². The predicted octanol–water partition coefficient (Wildman–Crippen LogP) is 4.02. The molecule has 0 radical (unpaired) electrons. The lowest BCUT2D eigenvalue weighted by Gasteiger charge is -2.01. The van der Waals surface area contributed by atoms with E-state index in [1.54, 1.807) is 37.2 Å². The summed E-state index contributed by atoms with van der Waals surface area (Å²) in [6.45, 7) is 0. The Bertz CT molecular complexity index is 1490. The number of fused-ring (bicyclic) bond motifs is 2. The van der Waals surface area contributed by atoms with Gasteiger partial charge >= 0.3 is 0 Å². The monoisotopic (exact) mass is 390 g/mol. The topological polar surface area (TPSA) is 109 Å². The van der Waals surface area contributed by atoms with Crippen molar-refractivity contribution >= 4 is 21.9 Å². The van der Waals surface area contributed by atoms with Gasteiger partial charge in [0, 0.05) is 35.7 Å². The second-order valence-corrected chi connectivity index (χ2v) is 6.80. The molecule has 5 aromatic heterocycles. The van der Waals surface area contributed by atoms with Gasteiger partial charge in [-0.2, -0.15) is 5.10 Å². The fourth-order valence-corrected chi connectivity index (χ4v) is 3.58. The van der Waals surface area contributed by atoms with E-state index < -0.39 is 0 Å². The highest BCUT2D eigenvalue weighted by molar-refractivity contribution is 5.97. The molecule has 0 amide bonds. The molecule has 142 valence electrons. The quantitative estimate of drug-likeness (QED) is 0.472. The van der Waals surface area contributed by atoms with E-state index in [1.165, 1.54) is 0 Å². The van der Waals surface area contributed by atoms with Gasteiger partial charge in [-0.25, -0.2) is 4.98 Å². The van der Waals surface area contributed by atoms with Gasteiger partial charge in [0.1, 0.15) is 11.4 Å². The first-order chi connectivity index (χ1) is 14.9. The Morgan fingerprint density at radius 1 is 0.767 bits per heavy atom. The van der Waals surface area contributed by atoms with Crippen molar-refractivity contribution < 1.29 is 0 Å². The molecule has 2 N–H and O–H groups in total. The summed E-state index contributed by atoms with van der Waals surface area (Å²) in [6.07, 6.45) is 10.3. The summed E-state index contributed by atoms with van der Waals surface area (Å²) >= 11 is 0. The maximum absolute atomic E-state index is 4.88. The summed E-state index contributed by atoms with van der Waals surface area (Å²) in [5.74, 6) is 0.689. The summed E-state index contributed by atoms with van der Waals surface area (Å²) in [6, 6.07) is 12.0. The number of aromatic nitrogens is 8. The summed E-state index contributed by atoms with van der Waals surface area (Å²) < 4.78 is 0. The molecule has 5 heterocycles. The van der Waals surface area contributed by atoms with Crippen molar-refractivity contribution in [3.05, 3.63) is 73.6 Å². The van der Waals surface area contributed by atoms with Crippen LogP contribution in [0.1, 0.15) is 0 Å². The number of hydrogen-bond donors (Lipinski definition) is 2. The number of H-pyrrole nitrogens is 2. The lowest BCUT2D eigenvalue weighted by molar-refractivity contribution is 1.10. The highest BCUT2D eigenvalue weighted by Gasteiger charge is 2.16. The number of pyridine rings is 2. The summed E-state index contributed by atoms with van der Waals surface area (Å²) in [5.41, 5.74) is 6.93. The van der Waals surface area contributed by atoms with Crippen LogP contribution < -0.4 is 0 Å². The molecule has 30 heavy (non-hydrogen) atoms. The van der Waals surface area contributed by atoms with E-state index in [0.29, 0.717) is 11.5 Å². The molecular formula is C22H14N8. The molecule has 0 fully saturated rings. The van der Waals surface area contributed by atoms with E-state index in [9.17, 15) is 0 Å². The fourth-order valence-electron chi connectivity index (χ4n) is 3.58. The molecule has 0 unspecified atom stereocenters. The summed E-state index contributed by atoms with van der Waals surface area (Å²) in [4.78, 5) is 25.3. The number of nitrogens with one attached hydrogen (secondary N) is 2. The molecule has 0 aliphatic rings. The van der Waals surface area contributed by atoms with Crippen molar-refractivity contribution in [2.24, 2.45) is 0 Å². The van der Waals surface area contributed by atoms with Gasteiger partial charge in [0.05, 0.1) is 34.6 Å². The number of aromatic amines is 2. The maximum Gasteiger partial charge on any atom is 0.159 e. The third kappa shape index (κ3) is 2.62. The zero-order chi connectivity index (χ0) is 19.9. The van der Waals surface area contributed by atoms with Crippen molar-refractivity contribution in [3.8, 4) is 34.0 Å². The van der Waals surface area contributed by atoms with Gasteiger partial charge in [-0.1, -0.05) is 12.1 Å². The average molecular weight is 390 g/mol. The third-order valence-electron chi connectivity index (χ3n) is 5.00. The molecule has 0 atom stereocenters. The van der Waals surface area contributed by atoms with Crippen LogP contribution in [0, 0.1) is 0 Å². The molecule has 0 saturated carbocycles. The predicted molar refractivity (Wildman–Crippen MR) is 113 cm³/mol. The van der Waals surface area contributed by atoms with Crippen LogP contribution in [0.3, 0.4) is 0 Å².